The summed E-state index contributed by atoms with van der Waals surface area (Å²) in [5.74, 6) is -0.767. The van der Waals surface area contributed by atoms with Crippen LogP contribution >= 0.6 is 0 Å². The number of carbonyl (C=O) groups is 1. The summed E-state index contributed by atoms with van der Waals surface area (Å²) >= 11 is 0. The van der Waals surface area contributed by atoms with Gasteiger partial charge in [0.2, 0.25) is 0 Å². The molecule has 7 heteroatoms. The van der Waals surface area contributed by atoms with Gasteiger partial charge in [-0.15, -0.1) is 0 Å². The van der Waals surface area contributed by atoms with E-state index in [0.717, 1.165) is 0 Å². The van der Waals surface area contributed by atoms with E-state index < -0.39 is 23.7 Å². The van der Waals surface area contributed by atoms with Crippen molar-refractivity contribution in [2.75, 3.05) is 20.0 Å². The third-order valence-corrected chi connectivity index (χ3v) is 4.47. The first-order valence-electron chi connectivity index (χ1n) is 7.93. The van der Waals surface area contributed by atoms with Crippen LogP contribution < -0.4 is 0 Å². The fourth-order valence-electron chi connectivity index (χ4n) is 2.57. The average Bonchev–Trinajstić information content (AvgIpc) is 3.11. The number of esters is 1. The molecule has 2 heterocycles. The number of carbonyl (C=O) groups excluding carboxylic acids is 1. The highest BCUT2D eigenvalue weighted by molar-refractivity contribution is 5.75. The minimum absolute atomic E-state index is 0.0248. The molecule has 1 saturated heterocycles. The standard InChI is InChI=1S/C16H26O7/c1-4-16(2,3)15(19)21-8-7-20-9-22-13-11-6-5-10(23-11)12(13)14(17)18/h5-6,10-14,17-18H,4,7-9H2,1-3H3. The van der Waals surface area contributed by atoms with Gasteiger partial charge >= 0.3 is 5.97 Å². The quantitative estimate of drug-likeness (QED) is 0.276. The lowest BCUT2D eigenvalue weighted by Gasteiger charge is -2.26. The molecular weight excluding hydrogens is 304 g/mol. The number of fused-ring (bicyclic) bond motifs is 2. The highest BCUT2D eigenvalue weighted by Crippen LogP contribution is 2.37. The van der Waals surface area contributed by atoms with E-state index in [9.17, 15) is 15.0 Å². The van der Waals surface area contributed by atoms with Crippen LogP contribution in [0.2, 0.25) is 0 Å². The highest BCUT2D eigenvalue weighted by Gasteiger charge is 2.49. The molecule has 2 bridgehead atoms. The molecule has 4 unspecified atom stereocenters. The molecule has 7 nitrogen and oxygen atoms in total. The monoisotopic (exact) mass is 330 g/mol. The summed E-state index contributed by atoms with van der Waals surface area (Å²) in [6, 6.07) is 0. The van der Waals surface area contributed by atoms with Crippen LogP contribution in [0.5, 0.6) is 0 Å². The first-order chi connectivity index (χ1) is 10.9. The number of rotatable bonds is 9. The van der Waals surface area contributed by atoms with Gasteiger partial charge in [-0.05, 0) is 20.3 Å². The number of ether oxygens (including phenoxy) is 4. The van der Waals surface area contributed by atoms with Gasteiger partial charge in [0, 0.05) is 0 Å². The molecule has 2 rings (SSSR count). The van der Waals surface area contributed by atoms with E-state index in [0.29, 0.717) is 6.42 Å². The molecular formula is C16H26O7. The Hall–Kier alpha value is -0.990. The SMILES string of the molecule is CCC(C)(C)C(=O)OCCOCOC1C2C=CC(O2)C1C(O)O. The average molecular weight is 330 g/mol. The van der Waals surface area contributed by atoms with Gasteiger partial charge in [-0.1, -0.05) is 19.1 Å². The summed E-state index contributed by atoms with van der Waals surface area (Å²) in [7, 11) is 0. The van der Waals surface area contributed by atoms with Crippen molar-refractivity contribution in [3.05, 3.63) is 12.2 Å². The van der Waals surface area contributed by atoms with Gasteiger partial charge in [0.15, 0.2) is 6.29 Å². The van der Waals surface area contributed by atoms with E-state index in [2.05, 4.69) is 0 Å². The van der Waals surface area contributed by atoms with Crippen LogP contribution in [-0.2, 0) is 23.7 Å². The molecule has 0 saturated carbocycles. The van der Waals surface area contributed by atoms with Crippen LogP contribution in [0.1, 0.15) is 27.2 Å². The van der Waals surface area contributed by atoms with E-state index in [-0.39, 0.29) is 38.2 Å². The third kappa shape index (κ3) is 4.30. The summed E-state index contributed by atoms with van der Waals surface area (Å²) in [6.07, 6.45) is 1.80. The minimum Gasteiger partial charge on any atom is -0.463 e. The number of hydrogen-bond donors (Lipinski definition) is 2. The Kier molecular flexibility index (Phi) is 6.16. The van der Waals surface area contributed by atoms with Crippen molar-refractivity contribution in [3.8, 4) is 0 Å². The zero-order valence-electron chi connectivity index (χ0n) is 13.8. The van der Waals surface area contributed by atoms with Crippen molar-refractivity contribution in [2.45, 2.75) is 51.8 Å². The fraction of sp³-hybridized carbons (Fsp3) is 0.812. The van der Waals surface area contributed by atoms with Gasteiger partial charge in [-0.2, -0.15) is 0 Å². The topological polar surface area (TPSA) is 94.5 Å². The van der Waals surface area contributed by atoms with Crippen molar-refractivity contribution in [3.63, 3.8) is 0 Å². The van der Waals surface area contributed by atoms with Crippen LogP contribution in [0.25, 0.3) is 0 Å². The fourth-order valence-corrected chi connectivity index (χ4v) is 2.57. The molecule has 0 amide bonds. The van der Waals surface area contributed by atoms with Gasteiger partial charge in [-0.3, -0.25) is 4.79 Å². The molecule has 0 spiro atoms. The zero-order chi connectivity index (χ0) is 17.0. The number of aliphatic hydroxyl groups is 2. The third-order valence-electron chi connectivity index (χ3n) is 4.47. The molecule has 0 radical (unpaired) electrons. The van der Waals surface area contributed by atoms with Crippen LogP contribution in [0.3, 0.4) is 0 Å². The molecule has 23 heavy (non-hydrogen) atoms. The molecule has 2 aliphatic heterocycles. The normalized spacial score (nSPS) is 29.5. The second-order valence-electron chi connectivity index (χ2n) is 6.47. The molecule has 0 aliphatic carbocycles. The van der Waals surface area contributed by atoms with Crippen molar-refractivity contribution in [1.29, 1.82) is 0 Å². The van der Waals surface area contributed by atoms with Gasteiger partial charge in [0.1, 0.15) is 25.6 Å². The minimum atomic E-state index is -1.50. The van der Waals surface area contributed by atoms with Crippen LogP contribution in [-0.4, -0.2) is 60.8 Å². The number of aliphatic hydroxyl groups excluding tert-OH is 1. The molecule has 2 aliphatic rings. The van der Waals surface area contributed by atoms with E-state index in [1.54, 1.807) is 0 Å². The van der Waals surface area contributed by atoms with Crippen molar-refractivity contribution < 1.29 is 34.0 Å². The molecule has 0 aromatic rings. The zero-order valence-corrected chi connectivity index (χ0v) is 13.8. The van der Waals surface area contributed by atoms with E-state index in [1.165, 1.54) is 0 Å². The molecule has 1 fully saturated rings. The molecule has 4 atom stereocenters. The lowest BCUT2D eigenvalue weighted by Crippen LogP contribution is -2.40. The van der Waals surface area contributed by atoms with Crippen molar-refractivity contribution >= 4 is 5.97 Å². The Morgan fingerprint density at radius 3 is 2.61 bits per heavy atom. The number of hydrogen-bond acceptors (Lipinski definition) is 7. The maximum absolute atomic E-state index is 11.8. The first-order valence-corrected chi connectivity index (χ1v) is 7.93. The summed E-state index contributed by atoms with van der Waals surface area (Å²) in [4.78, 5) is 11.8. The van der Waals surface area contributed by atoms with Gasteiger partial charge < -0.3 is 29.2 Å². The highest BCUT2D eigenvalue weighted by atomic mass is 16.7. The van der Waals surface area contributed by atoms with E-state index >= 15 is 0 Å². The maximum Gasteiger partial charge on any atom is 0.311 e. The Labute approximate surface area is 136 Å². The molecule has 0 aromatic carbocycles. The van der Waals surface area contributed by atoms with Crippen LogP contribution in [0, 0.1) is 11.3 Å². The first kappa shape index (κ1) is 18.4. The Morgan fingerprint density at radius 1 is 1.26 bits per heavy atom. The summed E-state index contributed by atoms with van der Waals surface area (Å²) in [6.45, 7) is 5.96. The predicted molar refractivity (Wildman–Crippen MR) is 80.2 cm³/mol. The largest absolute Gasteiger partial charge is 0.463 e. The van der Waals surface area contributed by atoms with Crippen molar-refractivity contribution in [1.82, 2.24) is 0 Å². The van der Waals surface area contributed by atoms with Crippen LogP contribution in [0.15, 0.2) is 12.2 Å². The second-order valence-corrected chi connectivity index (χ2v) is 6.47. The van der Waals surface area contributed by atoms with Crippen LogP contribution in [0.4, 0.5) is 0 Å². The van der Waals surface area contributed by atoms with Gasteiger partial charge in [-0.25, -0.2) is 0 Å². The lowest BCUT2D eigenvalue weighted by molar-refractivity contribution is -0.167. The summed E-state index contributed by atoms with van der Waals surface area (Å²) in [5.41, 5.74) is -0.492. The predicted octanol–water partition coefficient (Wildman–Crippen LogP) is 0.589. The second kappa shape index (κ2) is 7.72. The Morgan fingerprint density at radius 2 is 1.96 bits per heavy atom. The van der Waals surface area contributed by atoms with Crippen molar-refractivity contribution in [2.24, 2.45) is 11.3 Å². The lowest BCUT2D eigenvalue weighted by atomic mass is 9.91. The summed E-state index contributed by atoms with van der Waals surface area (Å²) in [5, 5.41) is 18.8. The molecule has 0 aromatic heterocycles. The molecule has 132 valence electrons. The Balaban J connectivity index is 1.63. The van der Waals surface area contributed by atoms with Gasteiger partial charge in [0.05, 0.1) is 24.0 Å². The smallest absolute Gasteiger partial charge is 0.311 e. The summed E-state index contributed by atoms with van der Waals surface area (Å²) < 4.78 is 21.5. The maximum atomic E-state index is 11.8. The Bertz CT molecular complexity index is 432. The van der Waals surface area contributed by atoms with Gasteiger partial charge in [0.25, 0.3) is 0 Å². The molecule has 2 N–H and O–H groups in total. The van der Waals surface area contributed by atoms with E-state index in [4.69, 9.17) is 18.9 Å². The van der Waals surface area contributed by atoms with E-state index in [1.807, 2.05) is 32.9 Å².